The Balaban J connectivity index is 2.52. The fourth-order valence-corrected chi connectivity index (χ4v) is 2.71. The second-order valence-corrected chi connectivity index (χ2v) is 5.69. The lowest BCUT2D eigenvalue weighted by atomic mass is 9.97. The minimum Gasteiger partial charge on any atom is -0.497 e. The van der Waals surface area contributed by atoms with E-state index in [2.05, 4.69) is 4.74 Å². The van der Waals surface area contributed by atoms with Gasteiger partial charge in [-0.15, -0.1) is 0 Å². The van der Waals surface area contributed by atoms with Gasteiger partial charge in [0.1, 0.15) is 5.75 Å². The van der Waals surface area contributed by atoms with Crippen molar-refractivity contribution in [3.8, 4) is 17.2 Å². The Bertz CT molecular complexity index is 816. The molecule has 0 aliphatic rings. The summed E-state index contributed by atoms with van der Waals surface area (Å²) in [6, 6.07) is 10.7. The van der Waals surface area contributed by atoms with Crippen LogP contribution in [0.5, 0.6) is 17.2 Å². The van der Waals surface area contributed by atoms with Gasteiger partial charge in [-0.2, -0.15) is 0 Å². The largest absolute Gasteiger partial charge is 0.497 e. The van der Waals surface area contributed by atoms with Crippen molar-refractivity contribution in [3.05, 3.63) is 53.1 Å². The van der Waals surface area contributed by atoms with Crippen molar-refractivity contribution in [1.29, 1.82) is 0 Å². The topological polar surface area (TPSA) is 74.3 Å². The van der Waals surface area contributed by atoms with Crippen molar-refractivity contribution in [2.75, 3.05) is 35.5 Å². The van der Waals surface area contributed by atoms with Crippen LogP contribution in [0.15, 0.2) is 36.4 Å². The van der Waals surface area contributed by atoms with Crippen LogP contribution in [-0.2, 0) is 11.2 Å². The predicted octanol–water partition coefficient (Wildman–Crippen LogP) is 3.14. The first kappa shape index (κ1) is 20.1. The summed E-state index contributed by atoms with van der Waals surface area (Å²) >= 11 is 0. The molecule has 2 amide bonds. The SMILES string of the molecule is COC(=O)N(C)C(=O)c1ccc(OC)c(OC)c1Cc1ccc(OC)cc1. The van der Waals surface area contributed by atoms with Crippen molar-refractivity contribution in [1.82, 2.24) is 4.90 Å². The number of amides is 2. The number of benzene rings is 2. The number of hydrogen-bond acceptors (Lipinski definition) is 6. The van der Waals surface area contributed by atoms with Crippen LogP contribution in [0.1, 0.15) is 21.5 Å². The lowest BCUT2D eigenvalue weighted by Gasteiger charge is -2.20. The second kappa shape index (κ2) is 8.93. The Morgan fingerprint density at radius 3 is 2.07 bits per heavy atom. The summed E-state index contributed by atoms with van der Waals surface area (Å²) in [5.41, 5.74) is 1.89. The molecule has 2 aromatic rings. The van der Waals surface area contributed by atoms with E-state index in [0.29, 0.717) is 29.0 Å². The van der Waals surface area contributed by atoms with Gasteiger partial charge in [0.15, 0.2) is 11.5 Å². The average Bonchev–Trinajstić information content (AvgIpc) is 2.72. The van der Waals surface area contributed by atoms with Crippen LogP contribution >= 0.6 is 0 Å². The third-order valence-corrected chi connectivity index (χ3v) is 4.17. The van der Waals surface area contributed by atoms with Gasteiger partial charge in [0, 0.05) is 24.6 Å². The number of methoxy groups -OCH3 is 4. The van der Waals surface area contributed by atoms with Gasteiger partial charge < -0.3 is 18.9 Å². The highest BCUT2D eigenvalue weighted by Gasteiger charge is 2.25. The number of ether oxygens (including phenoxy) is 4. The molecule has 7 nitrogen and oxygen atoms in total. The Labute approximate surface area is 158 Å². The molecule has 0 fully saturated rings. The van der Waals surface area contributed by atoms with Gasteiger partial charge in [-0.25, -0.2) is 9.69 Å². The van der Waals surface area contributed by atoms with E-state index < -0.39 is 12.0 Å². The summed E-state index contributed by atoms with van der Waals surface area (Å²) in [5.74, 6) is 1.18. The van der Waals surface area contributed by atoms with Crippen LogP contribution in [0.2, 0.25) is 0 Å². The molecule has 0 aliphatic heterocycles. The Kier molecular flexibility index (Phi) is 6.65. The van der Waals surface area contributed by atoms with Crippen molar-refractivity contribution in [2.45, 2.75) is 6.42 Å². The molecule has 0 atom stereocenters. The first-order valence-corrected chi connectivity index (χ1v) is 8.19. The number of carbonyl (C=O) groups is 2. The van der Waals surface area contributed by atoms with Gasteiger partial charge in [-0.05, 0) is 29.8 Å². The molecule has 0 aliphatic carbocycles. The Morgan fingerprint density at radius 1 is 0.889 bits per heavy atom. The summed E-state index contributed by atoms with van der Waals surface area (Å²) in [4.78, 5) is 25.5. The molecule has 0 bridgehead atoms. The smallest absolute Gasteiger partial charge is 0.416 e. The standard InChI is InChI=1S/C20H23NO6/c1-21(20(23)27-5)19(22)15-10-11-17(25-3)18(26-4)16(15)12-13-6-8-14(24-2)9-7-13/h6-11H,12H2,1-5H3. The molecule has 0 heterocycles. The third kappa shape index (κ3) is 4.31. The summed E-state index contributed by atoms with van der Waals surface area (Å²) in [7, 11) is 7.21. The van der Waals surface area contributed by atoms with Crippen molar-refractivity contribution in [2.24, 2.45) is 0 Å². The first-order valence-electron chi connectivity index (χ1n) is 8.19. The molecular formula is C20H23NO6. The van der Waals surface area contributed by atoms with E-state index in [1.807, 2.05) is 24.3 Å². The average molecular weight is 373 g/mol. The molecule has 0 unspecified atom stereocenters. The molecule has 0 aromatic heterocycles. The van der Waals surface area contributed by atoms with E-state index in [-0.39, 0.29) is 0 Å². The van der Waals surface area contributed by atoms with Gasteiger partial charge in [0.2, 0.25) is 0 Å². The number of carbonyl (C=O) groups excluding carboxylic acids is 2. The van der Waals surface area contributed by atoms with Crippen molar-refractivity contribution >= 4 is 12.0 Å². The summed E-state index contributed by atoms with van der Waals surface area (Å²) < 4.78 is 20.7. The molecular weight excluding hydrogens is 350 g/mol. The van der Waals surface area contributed by atoms with Crippen LogP contribution in [-0.4, -0.2) is 52.4 Å². The Hall–Kier alpha value is -3.22. The van der Waals surface area contributed by atoms with E-state index >= 15 is 0 Å². The molecule has 2 aromatic carbocycles. The lowest BCUT2D eigenvalue weighted by molar-refractivity contribution is 0.0749. The van der Waals surface area contributed by atoms with E-state index in [0.717, 1.165) is 16.2 Å². The number of nitrogens with zero attached hydrogens (tertiary/aromatic N) is 1. The summed E-state index contributed by atoms with van der Waals surface area (Å²) in [6.07, 6.45) is -0.342. The van der Waals surface area contributed by atoms with E-state index in [9.17, 15) is 9.59 Å². The zero-order valence-corrected chi connectivity index (χ0v) is 16.1. The van der Waals surface area contributed by atoms with Gasteiger partial charge in [-0.1, -0.05) is 12.1 Å². The fourth-order valence-electron chi connectivity index (χ4n) is 2.71. The highest BCUT2D eigenvalue weighted by atomic mass is 16.5. The van der Waals surface area contributed by atoms with E-state index in [4.69, 9.17) is 14.2 Å². The predicted molar refractivity (Wildman–Crippen MR) is 99.8 cm³/mol. The van der Waals surface area contributed by atoms with Crippen LogP contribution in [0.25, 0.3) is 0 Å². The minimum atomic E-state index is -0.745. The second-order valence-electron chi connectivity index (χ2n) is 5.69. The van der Waals surface area contributed by atoms with E-state index in [1.54, 1.807) is 19.2 Å². The highest BCUT2D eigenvalue weighted by molar-refractivity contribution is 6.04. The number of hydrogen-bond donors (Lipinski definition) is 0. The number of rotatable bonds is 6. The molecule has 144 valence electrons. The maximum Gasteiger partial charge on any atom is 0.416 e. The molecule has 0 radical (unpaired) electrons. The quantitative estimate of drug-likeness (QED) is 0.774. The molecule has 0 saturated carbocycles. The Morgan fingerprint density at radius 2 is 1.56 bits per heavy atom. The molecule has 7 heteroatoms. The van der Waals surface area contributed by atoms with Crippen molar-refractivity contribution in [3.63, 3.8) is 0 Å². The van der Waals surface area contributed by atoms with Gasteiger partial charge >= 0.3 is 6.09 Å². The van der Waals surface area contributed by atoms with E-state index in [1.165, 1.54) is 28.4 Å². The molecule has 2 rings (SSSR count). The van der Waals surface area contributed by atoms with Crippen LogP contribution in [0.4, 0.5) is 4.79 Å². The van der Waals surface area contributed by atoms with Crippen LogP contribution in [0.3, 0.4) is 0 Å². The maximum absolute atomic E-state index is 12.8. The highest BCUT2D eigenvalue weighted by Crippen LogP contribution is 2.35. The minimum absolute atomic E-state index is 0.330. The monoisotopic (exact) mass is 373 g/mol. The summed E-state index contributed by atoms with van der Waals surface area (Å²) in [6.45, 7) is 0. The molecule has 0 N–H and O–H groups in total. The normalized spacial score (nSPS) is 10.1. The zero-order valence-electron chi connectivity index (χ0n) is 16.1. The number of imide groups is 1. The maximum atomic E-state index is 12.8. The van der Waals surface area contributed by atoms with Crippen LogP contribution < -0.4 is 14.2 Å². The van der Waals surface area contributed by atoms with Crippen molar-refractivity contribution < 1.29 is 28.5 Å². The van der Waals surface area contributed by atoms with Crippen LogP contribution in [0, 0.1) is 0 Å². The zero-order chi connectivity index (χ0) is 20.0. The molecule has 0 spiro atoms. The first-order chi connectivity index (χ1) is 13.0. The van der Waals surface area contributed by atoms with Gasteiger partial charge in [0.25, 0.3) is 5.91 Å². The molecule has 27 heavy (non-hydrogen) atoms. The lowest BCUT2D eigenvalue weighted by Crippen LogP contribution is -2.33. The molecule has 0 saturated heterocycles. The summed E-state index contributed by atoms with van der Waals surface area (Å²) in [5, 5.41) is 0. The third-order valence-electron chi connectivity index (χ3n) is 4.17. The van der Waals surface area contributed by atoms with Gasteiger partial charge in [-0.3, -0.25) is 4.79 Å². The van der Waals surface area contributed by atoms with Gasteiger partial charge in [0.05, 0.1) is 28.4 Å². The fraction of sp³-hybridized carbons (Fsp3) is 0.300.